The Morgan fingerprint density at radius 2 is 2.11 bits per heavy atom. The van der Waals surface area contributed by atoms with Gasteiger partial charge in [-0.05, 0) is 26.0 Å². The van der Waals surface area contributed by atoms with Gasteiger partial charge in [0.2, 0.25) is 0 Å². The third kappa shape index (κ3) is 2.33. The van der Waals surface area contributed by atoms with Gasteiger partial charge in [0.15, 0.2) is 5.79 Å². The molecule has 4 nitrogen and oxygen atoms in total. The summed E-state index contributed by atoms with van der Waals surface area (Å²) in [5.41, 5.74) is 0.233. The summed E-state index contributed by atoms with van der Waals surface area (Å²) in [5, 5.41) is 10.1. The molecule has 19 heavy (non-hydrogen) atoms. The SMILES string of the molecule is CC1(C)OC[C@@H]([C@@H]2C[C@H](O)c3c(F)cccc3O2)O1. The fraction of sp³-hybridized carbons (Fsp3) is 0.571. The van der Waals surface area contributed by atoms with Crippen molar-refractivity contribution in [2.24, 2.45) is 0 Å². The van der Waals surface area contributed by atoms with Crippen LogP contribution in [0.1, 0.15) is 31.9 Å². The van der Waals surface area contributed by atoms with Crippen molar-refractivity contribution in [3.63, 3.8) is 0 Å². The molecule has 0 radical (unpaired) electrons. The molecule has 0 spiro atoms. The molecular weight excluding hydrogens is 251 g/mol. The first-order chi connectivity index (χ1) is 8.96. The fourth-order valence-electron chi connectivity index (χ4n) is 2.62. The van der Waals surface area contributed by atoms with E-state index in [9.17, 15) is 9.50 Å². The van der Waals surface area contributed by atoms with E-state index in [1.165, 1.54) is 6.07 Å². The van der Waals surface area contributed by atoms with Crippen LogP contribution < -0.4 is 4.74 Å². The predicted molar refractivity (Wildman–Crippen MR) is 65.3 cm³/mol. The van der Waals surface area contributed by atoms with E-state index in [-0.39, 0.29) is 17.8 Å². The van der Waals surface area contributed by atoms with Gasteiger partial charge >= 0.3 is 0 Å². The molecule has 5 heteroatoms. The van der Waals surface area contributed by atoms with E-state index < -0.39 is 17.7 Å². The second-order valence-corrected chi connectivity index (χ2v) is 5.43. The molecular formula is C14H17FO4. The van der Waals surface area contributed by atoms with Crippen LogP contribution in [-0.2, 0) is 9.47 Å². The van der Waals surface area contributed by atoms with Crippen molar-refractivity contribution in [1.29, 1.82) is 0 Å². The Hall–Kier alpha value is -1.17. The molecule has 3 rings (SSSR count). The molecule has 1 saturated heterocycles. The maximum atomic E-state index is 13.7. The molecule has 0 saturated carbocycles. The van der Waals surface area contributed by atoms with Crippen molar-refractivity contribution in [1.82, 2.24) is 0 Å². The van der Waals surface area contributed by atoms with Crippen molar-refractivity contribution in [3.8, 4) is 5.75 Å². The highest BCUT2D eigenvalue weighted by molar-refractivity contribution is 5.38. The predicted octanol–water partition coefficient (Wildman–Crippen LogP) is 2.16. The summed E-state index contributed by atoms with van der Waals surface area (Å²) in [7, 11) is 0. The van der Waals surface area contributed by atoms with Gasteiger partial charge in [0.05, 0.1) is 18.3 Å². The molecule has 0 unspecified atom stereocenters. The Morgan fingerprint density at radius 3 is 2.79 bits per heavy atom. The van der Waals surface area contributed by atoms with Gasteiger partial charge in [0.25, 0.3) is 0 Å². The maximum absolute atomic E-state index is 13.7. The average molecular weight is 268 g/mol. The molecule has 3 atom stereocenters. The highest BCUT2D eigenvalue weighted by Gasteiger charge is 2.42. The lowest BCUT2D eigenvalue weighted by atomic mass is 9.96. The summed E-state index contributed by atoms with van der Waals surface area (Å²) in [6.45, 7) is 4.08. The van der Waals surface area contributed by atoms with E-state index >= 15 is 0 Å². The molecule has 104 valence electrons. The fourth-order valence-corrected chi connectivity index (χ4v) is 2.62. The highest BCUT2D eigenvalue weighted by Crippen LogP contribution is 2.39. The molecule has 1 aromatic rings. The first-order valence-corrected chi connectivity index (χ1v) is 6.41. The van der Waals surface area contributed by atoms with Crippen LogP contribution >= 0.6 is 0 Å². The van der Waals surface area contributed by atoms with Gasteiger partial charge in [-0.2, -0.15) is 0 Å². The lowest BCUT2D eigenvalue weighted by molar-refractivity contribution is -0.152. The van der Waals surface area contributed by atoms with Crippen LogP contribution in [0.5, 0.6) is 5.75 Å². The van der Waals surface area contributed by atoms with Crippen molar-refractivity contribution >= 4 is 0 Å². The summed E-state index contributed by atoms with van der Waals surface area (Å²) in [6, 6.07) is 4.55. The molecule has 2 aliphatic rings. The van der Waals surface area contributed by atoms with Crippen molar-refractivity contribution in [3.05, 3.63) is 29.6 Å². The molecule has 2 heterocycles. The van der Waals surface area contributed by atoms with E-state index in [0.29, 0.717) is 18.8 Å². The Labute approximate surface area is 111 Å². The highest BCUT2D eigenvalue weighted by atomic mass is 19.1. The minimum atomic E-state index is -0.873. The molecule has 0 amide bonds. The standard InChI is InChI=1S/C14H17FO4/c1-14(2)17-7-12(19-14)11-6-9(16)13-8(15)4-3-5-10(13)18-11/h3-5,9,11-12,16H,6-7H2,1-2H3/t9-,11-,12-/m0/s1. The maximum Gasteiger partial charge on any atom is 0.163 e. The van der Waals surface area contributed by atoms with Gasteiger partial charge in [-0.1, -0.05) is 6.07 Å². The molecule has 1 aromatic carbocycles. The third-order valence-electron chi connectivity index (χ3n) is 3.53. The number of benzene rings is 1. The van der Waals surface area contributed by atoms with Gasteiger partial charge in [0.1, 0.15) is 23.8 Å². The normalized spacial score (nSPS) is 32.7. The van der Waals surface area contributed by atoms with Crippen LogP contribution in [0.3, 0.4) is 0 Å². The number of halogens is 1. The van der Waals surface area contributed by atoms with Crippen LogP contribution in [-0.4, -0.2) is 29.7 Å². The summed E-state index contributed by atoms with van der Waals surface area (Å²) in [4.78, 5) is 0. The molecule has 2 aliphatic heterocycles. The second kappa shape index (κ2) is 4.44. The van der Waals surface area contributed by atoms with Crippen molar-refractivity contribution in [2.45, 2.75) is 44.4 Å². The minimum absolute atomic E-state index is 0.233. The third-order valence-corrected chi connectivity index (χ3v) is 3.53. The Bertz CT molecular complexity index is 488. The summed E-state index contributed by atoms with van der Waals surface area (Å²) in [6.07, 6.45) is -1.15. The zero-order chi connectivity index (χ0) is 13.6. The summed E-state index contributed by atoms with van der Waals surface area (Å²) >= 11 is 0. The van der Waals surface area contributed by atoms with E-state index in [1.54, 1.807) is 12.1 Å². The van der Waals surface area contributed by atoms with Gasteiger partial charge < -0.3 is 19.3 Å². The van der Waals surface area contributed by atoms with E-state index in [2.05, 4.69) is 0 Å². The zero-order valence-corrected chi connectivity index (χ0v) is 10.9. The van der Waals surface area contributed by atoms with Crippen LogP contribution in [0.4, 0.5) is 4.39 Å². The Morgan fingerprint density at radius 1 is 1.32 bits per heavy atom. The first kappa shape index (κ1) is 12.8. The topological polar surface area (TPSA) is 47.9 Å². The quantitative estimate of drug-likeness (QED) is 0.848. The largest absolute Gasteiger partial charge is 0.487 e. The molecule has 0 bridgehead atoms. The van der Waals surface area contributed by atoms with Crippen LogP contribution in [0.25, 0.3) is 0 Å². The first-order valence-electron chi connectivity index (χ1n) is 6.41. The summed E-state index contributed by atoms with van der Waals surface area (Å²) in [5.74, 6) is -0.689. The van der Waals surface area contributed by atoms with E-state index in [0.717, 1.165) is 0 Å². The van der Waals surface area contributed by atoms with Crippen molar-refractivity contribution in [2.75, 3.05) is 6.61 Å². The number of fused-ring (bicyclic) bond motifs is 1. The number of rotatable bonds is 1. The number of aliphatic hydroxyl groups is 1. The Balaban J connectivity index is 1.82. The van der Waals surface area contributed by atoms with E-state index in [4.69, 9.17) is 14.2 Å². The molecule has 1 fully saturated rings. The number of aliphatic hydroxyl groups excluding tert-OH is 1. The zero-order valence-electron chi connectivity index (χ0n) is 10.9. The lowest BCUT2D eigenvalue weighted by Gasteiger charge is -2.32. The molecule has 0 aromatic heterocycles. The van der Waals surface area contributed by atoms with Crippen LogP contribution in [0.2, 0.25) is 0 Å². The smallest absolute Gasteiger partial charge is 0.163 e. The van der Waals surface area contributed by atoms with Gasteiger partial charge in [0, 0.05) is 6.42 Å². The number of ether oxygens (including phenoxy) is 3. The van der Waals surface area contributed by atoms with Gasteiger partial charge in [-0.3, -0.25) is 0 Å². The van der Waals surface area contributed by atoms with Crippen molar-refractivity contribution < 1.29 is 23.7 Å². The number of hydrogen-bond acceptors (Lipinski definition) is 4. The van der Waals surface area contributed by atoms with Gasteiger partial charge in [-0.15, -0.1) is 0 Å². The Kier molecular flexibility index (Phi) is 3.00. The molecule has 1 N–H and O–H groups in total. The number of hydrogen-bond donors (Lipinski definition) is 1. The van der Waals surface area contributed by atoms with Crippen LogP contribution in [0, 0.1) is 5.82 Å². The lowest BCUT2D eigenvalue weighted by Crippen LogP contribution is -2.39. The summed E-state index contributed by atoms with van der Waals surface area (Å²) < 4.78 is 30.6. The van der Waals surface area contributed by atoms with E-state index in [1.807, 2.05) is 13.8 Å². The monoisotopic (exact) mass is 268 g/mol. The van der Waals surface area contributed by atoms with Crippen LogP contribution in [0.15, 0.2) is 18.2 Å². The average Bonchev–Trinajstić information content (AvgIpc) is 2.69. The minimum Gasteiger partial charge on any atom is -0.487 e. The second-order valence-electron chi connectivity index (χ2n) is 5.43. The van der Waals surface area contributed by atoms with Gasteiger partial charge in [-0.25, -0.2) is 4.39 Å². The molecule has 0 aliphatic carbocycles.